The van der Waals surface area contributed by atoms with Gasteiger partial charge >= 0.3 is 0 Å². The first-order chi connectivity index (χ1) is 15.7. The summed E-state index contributed by atoms with van der Waals surface area (Å²) in [7, 11) is 0. The highest BCUT2D eigenvalue weighted by Gasteiger charge is 2.17. The summed E-state index contributed by atoms with van der Waals surface area (Å²) in [5, 5.41) is 6.62. The summed E-state index contributed by atoms with van der Waals surface area (Å²) in [5.41, 5.74) is 2.24. The molecule has 0 saturated heterocycles. The van der Waals surface area contributed by atoms with E-state index in [2.05, 4.69) is 10.4 Å². The van der Waals surface area contributed by atoms with Crippen LogP contribution in [0, 0.1) is 31.3 Å². The number of nitrogens with zero attached hydrogens (tertiary/aromatic N) is 3. The quantitative estimate of drug-likeness (QED) is 0.536. The van der Waals surface area contributed by atoms with E-state index >= 15 is 0 Å². The zero-order chi connectivity index (χ0) is 24.1. The molecule has 3 aromatic rings. The van der Waals surface area contributed by atoms with Gasteiger partial charge in [0.2, 0.25) is 11.8 Å². The molecule has 0 fully saturated rings. The van der Waals surface area contributed by atoms with Gasteiger partial charge in [-0.1, -0.05) is 6.07 Å². The van der Waals surface area contributed by atoms with E-state index in [1.807, 2.05) is 6.92 Å². The second-order valence-electron chi connectivity index (χ2n) is 7.30. The van der Waals surface area contributed by atoms with Gasteiger partial charge in [-0.3, -0.25) is 9.59 Å². The van der Waals surface area contributed by atoms with Crippen molar-refractivity contribution < 1.29 is 22.8 Å². The molecule has 0 saturated carbocycles. The van der Waals surface area contributed by atoms with Crippen molar-refractivity contribution in [2.24, 2.45) is 0 Å². The van der Waals surface area contributed by atoms with Gasteiger partial charge in [-0.25, -0.2) is 17.9 Å². The molecule has 1 heterocycles. The third-order valence-electron chi connectivity index (χ3n) is 5.07. The van der Waals surface area contributed by atoms with Crippen LogP contribution in [0.5, 0.6) is 0 Å². The van der Waals surface area contributed by atoms with Gasteiger partial charge < -0.3 is 10.2 Å². The number of hydrogen-bond donors (Lipinski definition) is 1. The number of rotatable bonds is 7. The van der Waals surface area contributed by atoms with Gasteiger partial charge in [0.15, 0.2) is 0 Å². The lowest BCUT2D eigenvalue weighted by Crippen LogP contribution is -2.37. The number of amides is 2. The maximum atomic E-state index is 13.7. The van der Waals surface area contributed by atoms with Crippen LogP contribution in [-0.2, 0) is 9.59 Å². The van der Waals surface area contributed by atoms with Crippen LogP contribution in [0.2, 0.25) is 0 Å². The summed E-state index contributed by atoms with van der Waals surface area (Å²) in [6.45, 7) is 5.13. The van der Waals surface area contributed by atoms with E-state index < -0.39 is 29.1 Å². The van der Waals surface area contributed by atoms with E-state index in [0.29, 0.717) is 16.9 Å². The second-order valence-corrected chi connectivity index (χ2v) is 7.30. The zero-order valence-electron chi connectivity index (χ0n) is 18.4. The topological polar surface area (TPSA) is 67.2 Å². The van der Waals surface area contributed by atoms with E-state index in [4.69, 9.17) is 0 Å². The number of hydrogen-bond acceptors (Lipinski definition) is 3. The monoisotopic (exact) mass is 456 g/mol. The normalized spacial score (nSPS) is 11.1. The highest BCUT2D eigenvalue weighted by Crippen LogP contribution is 2.20. The first-order valence-corrected chi connectivity index (χ1v) is 10.2. The molecule has 0 bridgehead atoms. The highest BCUT2D eigenvalue weighted by atomic mass is 19.1. The molecule has 0 radical (unpaired) electrons. The van der Waals surface area contributed by atoms with Crippen LogP contribution in [0.15, 0.2) is 48.5 Å². The number of benzene rings is 2. The van der Waals surface area contributed by atoms with E-state index in [9.17, 15) is 22.8 Å². The van der Waals surface area contributed by atoms with E-state index in [1.165, 1.54) is 29.2 Å². The molecule has 0 aliphatic carbocycles. The fourth-order valence-corrected chi connectivity index (χ4v) is 3.30. The third kappa shape index (κ3) is 5.49. The lowest BCUT2D eigenvalue weighted by Gasteiger charge is -2.19. The Bertz CT molecular complexity index is 1180. The number of para-hydroxylation sites is 1. The third-order valence-corrected chi connectivity index (χ3v) is 5.07. The Hall–Kier alpha value is -3.88. The SMILES string of the molecule is CCN(CC(=O)Nc1c(F)cccc1F)C(=O)/C=C/c1c(C)nn(-c2ccc(F)cc2)c1C. The van der Waals surface area contributed by atoms with Gasteiger partial charge in [-0.15, -0.1) is 0 Å². The molecular weight excluding hydrogens is 433 g/mol. The van der Waals surface area contributed by atoms with Gasteiger partial charge in [0.05, 0.1) is 11.4 Å². The Balaban J connectivity index is 1.72. The Morgan fingerprint density at radius 2 is 1.70 bits per heavy atom. The predicted molar refractivity (Wildman–Crippen MR) is 119 cm³/mol. The molecule has 0 aliphatic heterocycles. The molecular formula is C24H23F3N4O2. The lowest BCUT2D eigenvalue weighted by molar-refractivity contribution is -0.130. The van der Waals surface area contributed by atoms with Crippen LogP contribution in [0.25, 0.3) is 11.8 Å². The van der Waals surface area contributed by atoms with Crippen molar-refractivity contribution in [2.75, 3.05) is 18.4 Å². The van der Waals surface area contributed by atoms with Crippen LogP contribution < -0.4 is 5.32 Å². The smallest absolute Gasteiger partial charge is 0.247 e. The van der Waals surface area contributed by atoms with Crippen LogP contribution in [-0.4, -0.2) is 39.6 Å². The fraction of sp³-hybridized carbons (Fsp3) is 0.208. The summed E-state index contributed by atoms with van der Waals surface area (Å²) in [6, 6.07) is 9.12. The number of likely N-dealkylation sites (N-methyl/N-ethyl adjacent to an activating group) is 1. The molecule has 0 aliphatic rings. The number of carbonyl (C=O) groups excluding carboxylic acids is 2. The van der Waals surface area contributed by atoms with Crippen LogP contribution >= 0.6 is 0 Å². The van der Waals surface area contributed by atoms with E-state index in [0.717, 1.165) is 17.8 Å². The minimum absolute atomic E-state index is 0.211. The van der Waals surface area contributed by atoms with Crippen LogP contribution in [0.4, 0.5) is 18.9 Å². The molecule has 6 nitrogen and oxygen atoms in total. The van der Waals surface area contributed by atoms with Crippen molar-refractivity contribution in [1.82, 2.24) is 14.7 Å². The number of nitrogens with one attached hydrogen (secondary N) is 1. The molecule has 1 N–H and O–H groups in total. The highest BCUT2D eigenvalue weighted by molar-refractivity contribution is 5.98. The van der Waals surface area contributed by atoms with Gasteiger partial charge in [0, 0.05) is 23.9 Å². The molecule has 0 atom stereocenters. The van der Waals surface area contributed by atoms with Crippen molar-refractivity contribution in [3.63, 3.8) is 0 Å². The Morgan fingerprint density at radius 1 is 1.06 bits per heavy atom. The van der Waals surface area contributed by atoms with Crippen molar-refractivity contribution in [1.29, 1.82) is 0 Å². The number of aromatic nitrogens is 2. The zero-order valence-corrected chi connectivity index (χ0v) is 18.4. The number of anilines is 1. The van der Waals surface area contributed by atoms with Crippen molar-refractivity contribution in [2.45, 2.75) is 20.8 Å². The van der Waals surface area contributed by atoms with Crippen molar-refractivity contribution >= 4 is 23.6 Å². The lowest BCUT2D eigenvalue weighted by atomic mass is 10.1. The molecule has 9 heteroatoms. The minimum Gasteiger partial charge on any atom is -0.330 e. The first kappa shape index (κ1) is 23.8. The second kappa shape index (κ2) is 10.2. The number of aryl methyl sites for hydroxylation is 1. The standard InChI is InChI=1S/C24H23F3N4O2/c1-4-30(14-22(32)28-24-20(26)6-5-7-21(24)27)23(33)13-12-19-15(2)29-31(16(19)3)18-10-8-17(25)9-11-18/h5-13H,4,14H2,1-3H3,(H,28,32)/b13-12+. The van der Waals surface area contributed by atoms with E-state index in [1.54, 1.807) is 36.7 Å². The van der Waals surface area contributed by atoms with Crippen LogP contribution in [0.1, 0.15) is 23.9 Å². The van der Waals surface area contributed by atoms with Gasteiger partial charge in [0.1, 0.15) is 29.7 Å². The molecule has 2 aromatic carbocycles. The average molecular weight is 456 g/mol. The maximum absolute atomic E-state index is 13.7. The summed E-state index contributed by atoms with van der Waals surface area (Å²) in [4.78, 5) is 26.1. The molecule has 1 aromatic heterocycles. The molecule has 33 heavy (non-hydrogen) atoms. The van der Waals surface area contributed by atoms with Gasteiger partial charge in [-0.2, -0.15) is 5.10 Å². The average Bonchev–Trinajstić information content (AvgIpc) is 3.06. The van der Waals surface area contributed by atoms with Gasteiger partial charge in [-0.05, 0) is 63.2 Å². The Kier molecular flexibility index (Phi) is 7.32. The summed E-state index contributed by atoms with van der Waals surface area (Å²) >= 11 is 0. The molecule has 0 spiro atoms. The number of halogens is 3. The molecule has 2 amide bonds. The summed E-state index contributed by atoms with van der Waals surface area (Å²) < 4.78 is 42.3. The van der Waals surface area contributed by atoms with Crippen molar-refractivity contribution in [3.05, 3.63) is 82.9 Å². The minimum atomic E-state index is -0.901. The molecule has 0 unspecified atom stereocenters. The largest absolute Gasteiger partial charge is 0.330 e. The fourth-order valence-electron chi connectivity index (χ4n) is 3.30. The van der Waals surface area contributed by atoms with E-state index in [-0.39, 0.29) is 18.9 Å². The molecule has 172 valence electrons. The molecule has 3 rings (SSSR count). The maximum Gasteiger partial charge on any atom is 0.247 e. The van der Waals surface area contributed by atoms with Crippen LogP contribution in [0.3, 0.4) is 0 Å². The Labute approximate surface area is 189 Å². The van der Waals surface area contributed by atoms with Gasteiger partial charge in [0.25, 0.3) is 0 Å². The number of carbonyl (C=O) groups is 2. The predicted octanol–water partition coefficient (Wildman–Crippen LogP) is 4.41. The Morgan fingerprint density at radius 3 is 2.30 bits per heavy atom. The summed E-state index contributed by atoms with van der Waals surface area (Å²) in [6.07, 6.45) is 2.91. The van der Waals surface area contributed by atoms with Crippen molar-refractivity contribution in [3.8, 4) is 5.69 Å². The summed E-state index contributed by atoms with van der Waals surface area (Å²) in [5.74, 6) is -3.33. The first-order valence-electron chi connectivity index (χ1n) is 10.2.